The summed E-state index contributed by atoms with van der Waals surface area (Å²) in [7, 11) is 0. The Kier molecular flexibility index (Phi) is 4.22. The van der Waals surface area contributed by atoms with Gasteiger partial charge in [-0.25, -0.2) is 4.79 Å². The van der Waals surface area contributed by atoms with Crippen LogP contribution < -0.4 is 0 Å². The number of rotatable bonds is 3. The van der Waals surface area contributed by atoms with E-state index in [0.717, 1.165) is 0 Å². The van der Waals surface area contributed by atoms with Gasteiger partial charge in [0.2, 0.25) is 0 Å². The van der Waals surface area contributed by atoms with Gasteiger partial charge in [0.15, 0.2) is 0 Å². The molecule has 0 bridgehead atoms. The van der Waals surface area contributed by atoms with Gasteiger partial charge in [0.1, 0.15) is 6.61 Å². The molecule has 1 saturated heterocycles. The third kappa shape index (κ3) is 2.81. The summed E-state index contributed by atoms with van der Waals surface area (Å²) in [6, 6.07) is 16.7. The average Bonchev–Trinajstić information content (AvgIpc) is 3.18. The molecule has 130 valence electrons. The summed E-state index contributed by atoms with van der Waals surface area (Å²) in [5, 5.41) is 9.38. The van der Waals surface area contributed by atoms with E-state index in [-0.39, 0.29) is 24.5 Å². The molecule has 2 aliphatic rings. The largest absolute Gasteiger partial charge is 0.448 e. The first-order valence-electron chi connectivity index (χ1n) is 8.89. The highest BCUT2D eigenvalue weighted by Gasteiger charge is 2.34. The van der Waals surface area contributed by atoms with Gasteiger partial charge >= 0.3 is 6.09 Å². The molecule has 0 aromatic heterocycles. The molecule has 1 aliphatic carbocycles. The summed E-state index contributed by atoms with van der Waals surface area (Å²) in [6.07, 6.45) is -0.273. The number of aliphatic hydroxyl groups is 1. The highest BCUT2D eigenvalue weighted by molar-refractivity contribution is 5.79. The summed E-state index contributed by atoms with van der Waals surface area (Å²) in [5.41, 5.74) is 4.91. The van der Waals surface area contributed by atoms with Crippen molar-refractivity contribution >= 4 is 6.09 Å². The summed E-state index contributed by atoms with van der Waals surface area (Å²) in [6.45, 7) is 3.77. The molecule has 1 heterocycles. The molecule has 1 fully saturated rings. The second-order valence-corrected chi connectivity index (χ2v) is 7.13. The maximum atomic E-state index is 12.5. The molecule has 25 heavy (non-hydrogen) atoms. The Bertz CT molecular complexity index is 743. The molecule has 2 atom stereocenters. The summed E-state index contributed by atoms with van der Waals surface area (Å²) in [5.74, 6) is 0.552. The van der Waals surface area contributed by atoms with Crippen molar-refractivity contribution in [3.8, 4) is 11.1 Å². The van der Waals surface area contributed by atoms with Crippen LogP contribution in [0.3, 0.4) is 0 Å². The van der Waals surface area contributed by atoms with E-state index in [4.69, 9.17) is 4.74 Å². The van der Waals surface area contributed by atoms with Crippen LogP contribution in [-0.4, -0.2) is 42.4 Å². The Morgan fingerprint density at radius 2 is 1.68 bits per heavy atom. The molecule has 0 spiro atoms. The SMILES string of the molecule is C[C@@H]1CN(C(=O)OCC2c3ccccc3-c3ccccc32)C[C@H]1CO. The smallest absolute Gasteiger partial charge is 0.409 e. The van der Waals surface area contributed by atoms with E-state index in [1.54, 1.807) is 4.90 Å². The Balaban J connectivity index is 1.49. The van der Waals surface area contributed by atoms with E-state index in [2.05, 4.69) is 31.2 Å². The fraction of sp³-hybridized carbons (Fsp3) is 0.381. The van der Waals surface area contributed by atoms with Crippen LogP contribution in [0.1, 0.15) is 24.0 Å². The van der Waals surface area contributed by atoms with Gasteiger partial charge in [-0.15, -0.1) is 0 Å². The molecular formula is C21H23NO3. The number of likely N-dealkylation sites (tertiary alicyclic amines) is 1. The first-order valence-corrected chi connectivity index (χ1v) is 8.89. The minimum atomic E-state index is -0.273. The number of carbonyl (C=O) groups is 1. The van der Waals surface area contributed by atoms with E-state index < -0.39 is 0 Å². The summed E-state index contributed by atoms with van der Waals surface area (Å²) in [4.78, 5) is 14.2. The van der Waals surface area contributed by atoms with E-state index in [1.165, 1.54) is 22.3 Å². The maximum absolute atomic E-state index is 12.5. The van der Waals surface area contributed by atoms with E-state index in [9.17, 15) is 9.90 Å². The molecule has 0 radical (unpaired) electrons. The van der Waals surface area contributed by atoms with Crippen LogP contribution in [0.5, 0.6) is 0 Å². The number of nitrogens with zero attached hydrogens (tertiary/aromatic N) is 1. The topological polar surface area (TPSA) is 49.8 Å². The maximum Gasteiger partial charge on any atom is 0.409 e. The van der Waals surface area contributed by atoms with Gasteiger partial charge in [0.05, 0.1) is 0 Å². The van der Waals surface area contributed by atoms with Crippen molar-refractivity contribution in [2.45, 2.75) is 12.8 Å². The molecule has 0 saturated carbocycles. The Hall–Kier alpha value is -2.33. The van der Waals surface area contributed by atoms with Gasteiger partial charge in [-0.3, -0.25) is 0 Å². The van der Waals surface area contributed by atoms with E-state index in [1.807, 2.05) is 24.3 Å². The Morgan fingerprint density at radius 3 is 2.24 bits per heavy atom. The molecule has 2 aromatic carbocycles. The zero-order valence-electron chi connectivity index (χ0n) is 14.4. The lowest BCUT2D eigenvalue weighted by atomic mass is 9.98. The van der Waals surface area contributed by atoms with Gasteiger partial charge in [0.25, 0.3) is 0 Å². The number of carbonyl (C=O) groups excluding carboxylic acids is 1. The second-order valence-electron chi connectivity index (χ2n) is 7.13. The summed E-state index contributed by atoms with van der Waals surface area (Å²) < 4.78 is 5.67. The van der Waals surface area contributed by atoms with Crippen molar-refractivity contribution in [1.82, 2.24) is 4.90 Å². The average molecular weight is 337 g/mol. The lowest BCUT2D eigenvalue weighted by Crippen LogP contribution is -2.31. The highest BCUT2D eigenvalue weighted by Crippen LogP contribution is 2.44. The third-order valence-corrected chi connectivity index (χ3v) is 5.60. The van der Waals surface area contributed by atoms with Crippen molar-refractivity contribution in [3.05, 3.63) is 59.7 Å². The Labute approximate surface area is 148 Å². The second kappa shape index (κ2) is 6.52. The Morgan fingerprint density at radius 1 is 1.08 bits per heavy atom. The lowest BCUT2D eigenvalue weighted by molar-refractivity contribution is 0.105. The summed E-state index contributed by atoms with van der Waals surface area (Å²) >= 11 is 0. The number of hydrogen-bond donors (Lipinski definition) is 1. The van der Waals surface area contributed by atoms with Crippen LogP contribution in [-0.2, 0) is 4.74 Å². The monoisotopic (exact) mass is 337 g/mol. The standard InChI is InChI=1S/C21H23NO3/c1-14-10-22(11-15(14)12-23)21(24)25-13-20-18-8-4-2-6-16(18)17-7-3-5-9-19(17)20/h2-9,14-15,20,23H,10-13H2,1H3/t14-,15+/m1/s1. The predicted molar refractivity (Wildman–Crippen MR) is 96.4 cm³/mol. The first kappa shape index (κ1) is 16.2. The molecule has 4 heteroatoms. The molecule has 4 nitrogen and oxygen atoms in total. The predicted octanol–water partition coefficient (Wildman–Crippen LogP) is 3.50. The molecule has 1 aliphatic heterocycles. The highest BCUT2D eigenvalue weighted by atomic mass is 16.6. The minimum absolute atomic E-state index is 0.0880. The number of aliphatic hydroxyl groups excluding tert-OH is 1. The zero-order valence-corrected chi connectivity index (χ0v) is 14.4. The zero-order chi connectivity index (χ0) is 17.4. The van der Waals surface area contributed by atoms with Crippen LogP contribution in [0.4, 0.5) is 4.79 Å². The van der Waals surface area contributed by atoms with E-state index >= 15 is 0 Å². The van der Waals surface area contributed by atoms with Crippen molar-refractivity contribution in [2.75, 3.05) is 26.3 Å². The van der Waals surface area contributed by atoms with Crippen molar-refractivity contribution in [1.29, 1.82) is 0 Å². The first-order chi connectivity index (χ1) is 12.2. The fourth-order valence-corrected chi connectivity index (χ4v) is 4.11. The number of fused-ring (bicyclic) bond motifs is 3. The van der Waals surface area contributed by atoms with Crippen LogP contribution in [0.25, 0.3) is 11.1 Å². The quantitative estimate of drug-likeness (QED) is 0.933. The van der Waals surface area contributed by atoms with Crippen LogP contribution in [0.2, 0.25) is 0 Å². The molecular weight excluding hydrogens is 314 g/mol. The van der Waals surface area contributed by atoms with Gasteiger partial charge in [-0.1, -0.05) is 55.5 Å². The number of benzene rings is 2. The van der Waals surface area contributed by atoms with Crippen molar-refractivity contribution < 1.29 is 14.6 Å². The molecule has 2 aromatic rings. The van der Waals surface area contributed by atoms with Crippen LogP contribution in [0.15, 0.2) is 48.5 Å². The molecule has 4 rings (SSSR count). The number of amides is 1. The molecule has 1 N–H and O–H groups in total. The number of ether oxygens (including phenoxy) is 1. The fourth-order valence-electron chi connectivity index (χ4n) is 4.11. The minimum Gasteiger partial charge on any atom is -0.448 e. The lowest BCUT2D eigenvalue weighted by Gasteiger charge is -2.19. The number of hydrogen-bond acceptors (Lipinski definition) is 3. The third-order valence-electron chi connectivity index (χ3n) is 5.60. The van der Waals surface area contributed by atoms with Gasteiger partial charge < -0.3 is 14.7 Å². The molecule has 1 amide bonds. The van der Waals surface area contributed by atoms with Gasteiger partial charge in [-0.2, -0.15) is 0 Å². The van der Waals surface area contributed by atoms with Gasteiger partial charge in [-0.05, 0) is 28.2 Å². The normalized spacial score (nSPS) is 21.9. The van der Waals surface area contributed by atoms with Gasteiger partial charge in [0, 0.05) is 31.5 Å². The van der Waals surface area contributed by atoms with Crippen molar-refractivity contribution in [3.63, 3.8) is 0 Å². The van der Waals surface area contributed by atoms with E-state index in [0.29, 0.717) is 25.6 Å². The molecule has 0 unspecified atom stereocenters. The van der Waals surface area contributed by atoms with Crippen LogP contribution in [0, 0.1) is 11.8 Å². The van der Waals surface area contributed by atoms with Crippen molar-refractivity contribution in [2.24, 2.45) is 11.8 Å². The van der Waals surface area contributed by atoms with Crippen LogP contribution >= 0.6 is 0 Å².